The highest BCUT2D eigenvalue weighted by atomic mass is 13.9. The molecule has 0 aromatic carbocycles. The molecule has 16 heavy (non-hydrogen) atoms. The summed E-state index contributed by atoms with van der Waals surface area (Å²) in [6.45, 7) is 4.46. The maximum Gasteiger partial charge on any atom is 0.00989 e. The van der Waals surface area contributed by atoms with E-state index in [1.807, 2.05) is 0 Å². The highest BCUT2D eigenvalue weighted by Gasteiger charge is 1.84. The van der Waals surface area contributed by atoms with Crippen LogP contribution in [0, 0.1) is 23.7 Å². The van der Waals surface area contributed by atoms with Crippen molar-refractivity contribution in [2.75, 3.05) is 0 Å². The minimum atomic E-state index is 1.02. The van der Waals surface area contributed by atoms with Gasteiger partial charge in [0.25, 0.3) is 0 Å². The van der Waals surface area contributed by atoms with Crippen LogP contribution in [0.2, 0.25) is 0 Å². The van der Waals surface area contributed by atoms with Gasteiger partial charge in [0.05, 0.1) is 0 Å². The third-order valence-electron chi connectivity index (χ3n) is 2.55. The molecule has 0 atom stereocenters. The maximum atomic E-state index is 3.12. The Labute approximate surface area is 102 Å². The van der Waals surface area contributed by atoms with Gasteiger partial charge in [0.1, 0.15) is 0 Å². The molecule has 0 saturated carbocycles. The number of hydrogen-bond acceptors (Lipinski definition) is 0. The Kier molecular flexibility index (Phi) is 13.3. The molecule has 0 aliphatic rings. The smallest absolute Gasteiger partial charge is 0.00989 e. The Balaban J connectivity index is 3.27. The van der Waals surface area contributed by atoms with Gasteiger partial charge in [-0.2, -0.15) is 0 Å². The molecule has 0 heteroatoms. The molecule has 0 heterocycles. The summed E-state index contributed by atoms with van der Waals surface area (Å²) in [5.74, 6) is 12.1. The normalized spacial score (nSPS) is 8.88. The SMILES string of the molecule is CCCCCCC#CC#CCCCCCC. The zero-order valence-corrected chi connectivity index (χ0v) is 11.1. The van der Waals surface area contributed by atoms with Gasteiger partial charge in [-0.3, -0.25) is 0 Å². The van der Waals surface area contributed by atoms with E-state index in [0.717, 1.165) is 12.8 Å². The minimum Gasteiger partial charge on any atom is -0.0891 e. The van der Waals surface area contributed by atoms with Gasteiger partial charge in [-0.05, 0) is 24.7 Å². The van der Waals surface area contributed by atoms with Crippen LogP contribution < -0.4 is 0 Å². The first-order chi connectivity index (χ1) is 7.91. The molecule has 0 spiro atoms. The minimum absolute atomic E-state index is 1.02. The van der Waals surface area contributed by atoms with Crippen LogP contribution in [0.25, 0.3) is 0 Å². The van der Waals surface area contributed by atoms with Crippen LogP contribution in [0.4, 0.5) is 0 Å². The van der Waals surface area contributed by atoms with E-state index in [1.165, 1.54) is 51.4 Å². The second-order valence-corrected chi connectivity index (χ2v) is 4.22. The molecule has 0 rings (SSSR count). The fourth-order valence-electron chi connectivity index (χ4n) is 1.49. The van der Waals surface area contributed by atoms with Crippen LogP contribution in [0.3, 0.4) is 0 Å². The van der Waals surface area contributed by atoms with Crippen molar-refractivity contribution in [1.29, 1.82) is 0 Å². The molecule has 0 aliphatic carbocycles. The maximum absolute atomic E-state index is 3.12. The van der Waals surface area contributed by atoms with Gasteiger partial charge in [-0.1, -0.05) is 64.2 Å². The van der Waals surface area contributed by atoms with Gasteiger partial charge in [-0.15, -0.1) is 0 Å². The van der Waals surface area contributed by atoms with Crippen LogP contribution in [-0.2, 0) is 0 Å². The van der Waals surface area contributed by atoms with E-state index in [0.29, 0.717) is 0 Å². The molecular formula is C16H26. The van der Waals surface area contributed by atoms with Gasteiger partial charge in [0.2, 0.25) is 0 Å². The largest absolute Gasteiger partial charge is 0.0891 e. The van der Waals surface area contributed by atoms with Crippen LogP contribution in [0.5, 0.6) is 0 Å². The third kappa shape index (κ3) is 13.1. The highest BCUT2D eigenvalue weighted by Crippen LogP contribution is 2.01. The second-order valence-electron chi connectivity index (χ2n) is 4.22. The summed E-state index contributed by atoms with van der Waals surface area (Å²) in [7, 11) is 0. The molecule has 0 nitrogen and oxygen atoms in total. The van der Waals surface area contributed by atoms with Gasteiger partial charge in [0, 0.05) is 12.8 Å². The molecule has 90 valence electrons. The average molecular weight is 218 g/mol. The van der Waals surface area contributed by atoms with Crippen LogP contribution >= 0.6 is 0 Å². The van der Waals surface area contributed by atoms with Crippen molar-refractivity contribution >= 4 is 0 Å². The lowest BCUT2D eigenvalue weighted by atomic mass is 10.1. The fourth-order valence-corrected chi connectivity index (χ4v) is 1.49. The van der Waals surface area contributed by atoms with Crippen molar-refractivity contribution < 1.29 is 0 Å². The number of unbranched alkanes of at least 4 members (excludes halogenated alkanes) is 8. The Morgan fingerprint density at radius 3 is 1.38 bits per heavy atom. The lowest BCUT2D eigenvalue weighted by Gasteiger charge is -1.91. The molecule has 0 aromatic heterocycles. The van der Waals surface area contributed by atoms with Gasteiger partial charge in [-0.25, -0.2) is 0 Å². The van der Waals surface area contributed by atoms with E-state index in [2.05, 4.69) is 37.5 Å². The summed E-state index contributed by atoms with van der Waals surface area (Å²) < 4.78 is 0. The summed E-state index contributed by atoms with van der Waals surface area (Å²) >= 11 is 0. The Bertz CT molecular complexity index is 213. The van der Waals surface area contributed by atoms with Crippen LogP contribution in [0.1, 0.15) is 78.1 Å². The monoisotopic (exact) mass is 218 g/mol. The van der Waals surface area contributed by atoms with E-state index in [1.54, 1.807) is 0 Å². The standard InChI is InChI=1S/C16H26/c1-3-5-7-9-11-13-15-16-14-12-10-8-6-4-2/h3-12H2,1-2H3. The van der Waals surface area contributed by atoms with E-state index >= 15 is 0 Å². The number of hydrogen-bond donors (Lipinski definition) is 0. The summed E-state index contributed by atoms with van der Waals surface area (Å²) in [5, 5.41) is 0. The van der Waals surface area contributed by atoms with Crippen molar-refractivity contribution in [1.82, 2.24) is 0 Å². The molecule has 0 aromatic rings. The van der Waals surface area contributed by atoms with Gasteiger partial charge < -0.3 is 0 Å². The molecule has 0 fully saturated rings. The topological polar surface area (TPSA) is 0 Å². The highest BCUT2D eigenvalue weighted by molar-refractivity contribution is 5.25. The van der Waals surface area contributed by atoms with E-state index < -0.39 is 0 Å². The predicted molar refractivity (Wildman–Crippen MR) is 73.1 cm³/mol. The Morgan fingerprint density at radius 1 is 0.562 bits per heavy atom. The van der Waals surface area contributed by atoms with Crippen LogP contribution in [-0.4, -0.2) is 0 Å². The van der Waals surface area contributed by atoms with Crippen molar-refractivity contribution in [2.24, 2.45) is 0 Å². The molecule has 0 saturated heterocycles. The molecule has 0 N–H and O–H groups in total. The summed E-state index contributed by atoms with van der Waals surface area (Å²) in [5.41, 5.74) is 0. The zero-order chi connectivity index (χ0) is 11.9. The first-order valence-corrected chi connectivity index (χ1v) is 6.87. The molecule has 0 radical (unpaired) electrons. The zero-order valence-electron chi connectivity index (χ0n) is 11.1. The lowest BCUT2D eigenvalue weighted by molar-refractivity contribution is 0.679. The average Bonchev–Trinajstić information content (AvgIpc) is 2.31. The molecular weight excluding hydrogens is 192 g/mol. The Morgan fingerprint density at radius 2 is 1.00 bits per heavy atom. The molecule has 0 bridgehead atoms. The van der Waals surface area contributed by atoms with E-state index in [9.17, 15) is 0 Å². The summed E-state index contributed by atoms with van der Waals surface area (Å²) in [4.78, 5) is 0. The van der Waals surface area contributed by atoms with Crippen LogP contribution in [0.15, 0.2) is 0 Å². The van der Waals surface area contributed by atoms with E-state index in [4.69, 9.17) is 0 Å². The second kappa shape index (κ2) is 14.1. The molecule has 0 unspecified atom stereocenters. The van der Waals surface area contributed by atoms with Crippen molar-refractivity contribution in [2.45, 2.75) is 78.1 Å². The fraction of sp³-hybridized carbons (Fsp3) is 0.750. The first-order valence-electron chi connectivity index (χ1n) is 6.87. The van der Waals surface area contributed by atoms with E-state index in [-0.39, 0.29) is 0 Å². The summed E-state index contributed by atoms with van der Waals surface area (Å²) in [6, 6.07) is 0. The first kappa shape index (κ1) is 15.1. The van der Waals surface area contributed by atoms with Gasteiger partial charge in [0.15, 0.2) is 0 Å². The summed E-state index contributed by atoms with van der Waals surface area (Å²) in [6.07, 6.45) is 12.4. The number of rotatable bonds is 8. The van der Waals surface area contributed by atoms with Gasteiger partial charge >= 0.3 is 0 Å². The lowest BCUT2D eigenvalue weighted by Crippen LogP contribution is -1.74. The van der Waals surface area contributed by atoms with Crippen molar-refractivity contribution in [3.8, 4) is 23.7 Å². The molecule has 0 aliphatic heterocycles. The van der Waals surface area contributed by atoms with Crippen molar-refractivity contribution in [3.05, 3.63) is 0 Å². The predicted octanol–water partition coefficient (Wildman–Crippen LogP) is 4.93. The quantitative estimate of drug-likeness (QED) is 0.400. The van der Waals surface area contributed by atoms with Crippen molar-refractivity contribution in [3.63, 3.8) is 0 Å². The third-order valence-corrected chi connectivity index (χ3v) is 2.55. The Hall–Kier alpha value is -0.880. The molecule has 0 amide bonds.